The largest absolute Gasteiger partial charge is 0.330 e. The maximum absolute atomic E-state index is 10.3. The van der Waals surface area contributed by atoms with Gasteiger partial charge in [0.1, 0.15) is 0 Å². The monoisotopic (exact) mass is 158 g/mol. The van der Waals surface area contributed by atoms with E-state index in [0.717, 1.165) is 25.7 Å². The Hall–Kier alpha value is -0.640. The van der Waals surface area contributed by atoms with E-state index in [4.69, 9.17) is 5.73 Å². The molecule has 1 rings (SSSR count). The third kappa shape index (κ3) is 2.15. The lowest BCUT2D eigenvalue weighted by Crippen LogP contribution is -2.28. The summed E-state index contributed by atoms with van der Waals surface area (Å²) in [6.07, 6.45) is 3.30. The van der Waals surface area contributed by atoms with E-state index < -0.39 is 0 Å². The summed E-state index contributed by atoms with van der Waals surface area (Å²) in [5.41, 5.74) is 5.45. The predicted octanol–water partition coefficient (Wildman–Crippen LogP) is 0.781. The summed E-state index contributed by atoms with van der Waals surface area (Å²) in [7, 11) is 0. The van der Waals surface area contributed by atoms with Crippen LogP contribution in [-0.2, 0) is 0 Å². The summed E-state index contributed by atoms with van der Waals surface area (Å²) in [5, 5.41) is 10.3. The number of nitrogens with zero attached hydrogens (tertiary/aromatic N) is 1. The van der Waals surface area contributed by atoms with E-state index in [9.17, 15) is 10.1 Å². The molecule has 1 aliphatic carbocycles. The smallest absolute Gasteiger partial charge is 0.213 e. The molecular weight excluding hydrogens is 144 g/mol. The Morgan fingerprint density at radius 1 is 1.36 bits per heavy atom. The molecule has 1 fully saturated rings. The van der Waals surface area contributed by atoms with Gasteiger partial charge in [-0.3, -0.25) is 10.1 Å². The molecule has 0 spiro atoms. The molecular formula is C7H14N2O2. The van der Waals surface area contributed by atoms with Gasteiger partial charge in [0.2, 0.25) is 6.04 Å². The Morgan fingerprint density at radius 2 is 1.91 bits per heavy atom. The number of rotatable bonds is 2. The number of nitrogens with two attached hydrogens (primary N) is 1. The second-order valence-electron chi connectivity index (χ2n) is 3.20. The summed E-state index contributed by atoms with van der Waals surface area (Å²) in [6.45, 7) is 0.685. The van der Waals surface area contributed by atoms with Gasteiger partial charge < -0.3 is 5.73 Å². The molecule has 0 aliphatic heterocycles. The van der Waals surface area contributed by atoms with E-state index in [1.54, 1.807) is 0 Å². The standard InChI is InChI=1S/C7H14N2O2/c8-5-6-1-3-7(4-2-6)9(10)11/h6-7H,1-5,8H2. The fraction of sp³-hybridized carbons (Fsp3) is 1.00. The van der Waals surface area contributed by atoms with Gasteiger partial charge in [-0.05, 0) is 25.3 Å². The quantitative estimate of drug-likeness (QED) is 0.477. The zero-order valence-corrected chi connectivity index (χ0v) is 6.53. The minimum absolute atomic E-state index is 0.160. The first-order valence-electron chi connectivity index (χ1n) is 4.07. The maximum Gasteiger partial charge on any atom is 0.213 e. The van der Waals surface area contributed by atoms with Crippen LogP contribution in [0.5, 0.6) is 0 Å². The topological polar surface area (TPSA) is 69.2 Å². The third-order valence-electron chi connectivity index (χ3n) is 2.45. The van der Waals surface area contributed by atoms with Gasteiger partial charge >= 0.3 is 0 Å². The molecule has 0 aromatic carbocycles. The second-order valence-corrected chi connectivity index (χ2v) is 3.20. The van der Waals surface area contributed by atoms with E-state index in [1.807, 2.05) is 0 Å². The molecule has 0 saturated heterocycles. The summed E-state index contributed by atoms with van der Waals surface area (Å²) in [6, 6.07) is -0.294. The van der Waals surface area contributed by atoms with E-state index in [1.165, 1.54) is 0 Å². The van der Waals surface area contributed by atoms with Gasteiger partial charge in [0.25, 0.3) is 0 Å². The third-order valence-corrected chi connectivity index (χ3v) is 2.45. The van der Waals surface area contributed by atoms with Crippen molar-refractivity contribution in [2.45, 2.75) is 31.7 Å². The fourth-order valence-electron chi connectivity index (χ4n) is 1.59. The minimum atomic E-state index is -0.294. The highest BCUT2D eigenvalue weighted by atomic mass is 16.6. The Bertz CT molecular complexity index is 141. The van der Waals surface area contributed by atoms with Crippen LogP contribution in [0.4, 0.5) is 0 Å². The highest BCUT2D eigenvalue weighted by Crippen LogP contribution is 2.24. The molecule has 4 heteroatoms. The second kappa shape index (κ2) is 3.67. The predicted molar refractivity (Wildman–Crippen MR) is 41.8 cm³/mol. The highest BCUT2D eigenvalue weighted by Gasteiger charge is 2.27. The van der Waals surface area contributed by atoms with Crippen molar-refractivity contribution in [1.82, 2.24) is 0 Å². The van der Waals surface area contributed by atoms with Crippen molar-refractivity contribution >= 4 is 0 Å². The van der Waals surface area contributed by atoms with Crippen LogP contribution in [0.2, 0.25) is 0 Å². The highest BCUT2D eigenvalue weighted by molar-refractivity contribution is 4.72. The first kappa shape index (κ1) is 8.46. The molecule has 11 heavy (non-hydrogen) atoms. The van der Waals surface area contributed by atoms with Crippen LogP contribution >= 0.6 is 0 Å². The first-order valence-corrected chi connectivity index (χ1v) is 4.07. The normalized spacial score (nSPS) is 31.7. The molecule has 0 heterocycles. The Kier molecular flexibility index (Phi) is 2.82. The SMILES string of the molecule is NCC1CCC([N+](=O)[O-])CC1. The molecule has 0 aromatic rings. The van der Waals surface area contributed by atoms with Crippen LogP contribution < -0.4 is 5.73 Å². The van der Waals surface area contributed by atoms with Crippen molar-refractivity contribution in [2.24, 2.45) is 11.7 Å². The molecule has 0 bridgehead atoms. The van der Waals surface area contributed by atoms with Crippen molar-refractivity contribution < 1.29 is 4.92 Å². The minimum Gasteiger partial charge on any atom is -0.330 e. The zero-order chi connectivity index (χ0) is 8.27. The van der Waals surface area contributed by atoms with E-state index in [0.29, 0.717) is 12.5 Å². The first-order chi connectivity index (χ1) is 5.24. The molecule has 0 atom stereocenters. The van der Waals surface area contributed by atoms with Crippen molar-refractivity contribution in [3.63, 3.8) is 0 Å². The van der Waals surface area contributed by atoms with Crippen LogP contribution in [0.3, 0.4) is 0 Å². The molecule has 1 saturated carbocycles. The maximum atomic E-state index is 10.3. The van der Waals surface area contributed by atoms with Gasteiger partial charge in [0.05, 0.1) is 0 Å². The lowest BCUT2D eigenvalue weighted by molar-refractivity contribution is -0.527. The van der Waals surface area contributed by atoms with Gasteiger partial charge in [-0.25, -0.2) is 0 Å². The van der Waals surface area contributed by atoms with E-state index >= 15 is 0 Å². The van der Waals surface area contributed by atoms with Gasteiger partial charge in [-0.2, -0.15) is 0 Å². The van der Waals surface area contributed by atoms with Crippen molar-refractivity contribution in [2.75, 3.05) is 6.54 Å². The molecule has 0 aromatic heterocycles. The molecule has 0 radical (unpaired) electrons. The van der Waals surface area contributed by atoms with Crippen LogP contribution in [0.1, 0.15) is 25.7 Å². The number of nitro groups is 1. The molecule has 0 unspecified atom stereocenters. The summed E-state index contributed by atoms with van der Waals surface area (Å²) in [5.74, 6) is 0.534. The van der Waals surface area contributed by atoms with E-state index in [-0.39, 0.29) is 11.0 Å². The van der Waals surface area contributed by atoms with Crippen LogP contribution in [0, 0.1) is 16.0 Å². The zero-order valence-electron chi connectivity index (χ0n) is 6.53. The summed E-state index contributed by atoms with van der Waals surface area (Å²) in [4.78, 5) is 10.2. The average Bonchev–Trinajstić information content (AvgIpc) is 2.05. The van der Waals surface area contributed by atoms with Crippen molar-refractivity contribution in [3.8, 4) is 0 Å². The Morgan fingerprint density at radius 3 is 2.27 bits per heavy atom. The van der Waals surface area contributed by atoms with Crippen LogP contribution in [0.15, 0.2) is 0 Å². The molecule has 0 amide bonds. The number of hydrogen-bond acceptors (Lipinski definition) is 3. The lowest BCUT2D eigenvalue weighted by Gasteiger charge is -2.22. The van der Waals surface area contributed by atoms with Gasteiger partial charge in [0.15, 0.2) is 0 Å². The summed E-state index contributed by atoms with van der Waals surface area (Å²) < 4.78 is 0. The average molecular weight is 158 g/mol. The number of hydrogen-bond donors (Lipinski definition) is 1. The van der Waals surface area contributed by atoms with Crippen molar-refractivity contribution in [1.29, 1.82) is 0 Å². The molecule has 4 nitrogen and oxygen atoms in total. The van der Waals surface area contributed by atoms with Crippen molar-refractivity contribution in [3.05, 3.63) is 10.1 Å². The molecule has 64 valence electrons. The summed E-state index contributed by atoms with van der Waals surface area (Å²) >= 11 is 0. The van der Waals surface area contributed by atoms with Crippen LogP contribution in [0.25, 0.3) is 0 Å². The molecule has 2 N–H and O–H groups in total. The van der Waals surface area contributed by atoms with Gasteiger partial charge in [0, 0.05) is 17.8 Å². The van der Waals surface area contributed by atoms with Crippen LogP contribution in [-0.4, -0.2) is 17.5 Å². The van der Waals surface area contributed by atoms with Gasteiger partial charge in [-0.15, -0.1) is 0 Å². The Labute approximate surface area is 65.9 Å². The lowest BCUT2D eigenvalue weighted by atomic mass is 9.86. The van der Waals surface area contributed by atoms with E-state index in [2.05, 4.69) is 0 Å². The molecule has 1 aliphatic rings. The fourth-order valence-corrected chi connectivity index (χ4v) is 1.59. The van der Waals surface area contributed by atoms with Gasteiger partial charge in [-0.1, -0.05) is 0 Å². The Balaban J connectivity index is 2.30.